The molecule has 0 aromatic heterocycles. The third-order valence-corrected chi connectivity index (χ3v) is 7.74. The summed E-state index contributed by atoms with van der Waals surface area (Å²) >= 11 is 0. The largest absolute Gasteiger partial charge is 0.369 e. The lowest BCUT2D eigenvalue weighted by Crippen LogP contribution is -2.45. The van der Waals surface area contributed by atoms with Crippen LogP contribution >= 0.6 is 12.4 Å². The molecule has 1 unspecified atom stereocenters. The van der Waals surface area contributed by atoms with Gasteiger partial charge in [0.2, 0.25) is 27.7 Å². The first kappa shape index (κ1) is 24.9. The van der Waals surface area contributed by atoms with Gasteiger partial charge in [-0.25, -0.2) is 12.7 Å². The number of halogens is 1. The van der Waals surface area contributed by atoms with Crippen molar-refractivity contribution in [3.05, 3.63) is 0 Å². The number of primary amides is 1. The van der Waals surface area contributed by atoms with E-state index < -0.39 is 22.0 Å². The quantitative estimate of drug-likeness (QED) is 0.573. The Balaban J connectivity index is 0.00000320. The van der Waals surface area contributed by atoms with Gasteiger partial charge < -0.3 is 15.5 Å². The second-order valence-corrected chi connectivity index (χ2v) is 10.4. The number of fused-ring (bicyclic) bond motifs is 1. The molecule has 3 heterocycles. The Morgan fingerprint density at radius 2 is 1.77 bits per heavy atom. The van der Waals surface area contributed by atoms with Crippen molar-refractivity contribution in [2.45, 2.75) is 57.5 Å². The number of nitrogens with zero attached hydrogens (tertiary/aromatic N) is 3. The third kappa shape index (κ3) is 4.91. The lowest BCUT2D eigenvalue weighted by molar-refractivity contribution is -0.134. The molecule has 0 aromatic rings. The maximum atomic E-state index is 13.0. The van der Waals surface area contributed by atoms with E-state index in [1.165, 1.54) is 0 Å². The highest BCUT2D eigenvalue weighted by Crippen LogP contribution is 2.40. The van der Waals surface area contributed by atoms with Gasteiger partial charge in [-0.05, 0) is 38.8 Å². The Labute approximate surface area is 184 Å². The van der Waals surface area contributed by atoms with E-state index >= 15 is 0 Å². The molecule has 0 spiro atoms. The van der Waals surface area contributed by atoms with Crippen LogP contribution in [0.25, 0.3) is 0 Å². The van der Waals surface area contributed by atoms with Gasteiger partial charge in [-0.2, -0.15) is 0 Å². The number of hydrogen-bond acceptors (Lipinski definition) is 6. The minimum Gasteiger partial charge on any atom is -0.369 e. The van der Waals surface area contributed by atoms with E-state index in [2.05, 4.69) is 4.90 Å². The Hall–Kier alpha value is -1.39. The summed E-state index contributed by atoms with van der Waals surface area (Å²) in [5.74, 6) is -1.18. The molecule has 3 rings (SSSR count). The van der Waals surface area contributed by atoms with E-state index in [0.717, 1.165) is 30.1 Å². The summed E-state index contributed by atoms with van der Waals surface area (Å²) < 4.78 is 25.4. The molecule has 0 saturated carbocycles. The maximum Gasteiger partial charge on any atom is 0.241 e. The monoisotopic (exact) mass is 464 g/mol. The summed E-state index contributed by atoms with van der Waals surface area (Å²) in [5, 5.41) is 0. The number of sulfonamides is 1. The first-order valence-electron chi connectivity index (χ1n) is 10.5. The van der Waals surface area contributed by atoms with Gasteiger partial charge in [0.05, 0.1) is 24.3 Å². The van der Waals surface area contributed by atoms with Crippen LogP contribution < -0.4 is 5.73 Å². The number of piperidine rings is 1. The molecule has 0 aliphatic carbocycles. The van der Waals surface area contributed by atoms with Gasteiger partial charge in [-0.3, -0.25) is 14.4 Å². The molecular formula is C19H33ClN4O5S. The molecule has 2 N–H and O–H groups in total. The predicted molar refractivity (Wildman–Crippen MR) is 114 cm³/mol. The van der Waals surface area contributed by atoms with Crippen molar-refractivity contribution in [1.29, 1.82) is 0 Å². The highest BCUT2D eigenvalue weighted by atomic mass is 35.5. The van der Waals surface area contributed by atoms with Crippen molar-refractivity contribution in [2.75, 3.05) is 32.4 Å². The summed E-state index contributed by atoms with van der Waals surface area (Å²) in [6.45, 7) is 4.53. The molecule has 0 bridgehead atoms. The molecule has 3 amide bonds. The van der Waals surface area contributed by atoms with Gasteiger partial charge in [0, 0.05) is 25.4 Å². The number of amides is 3. The molecule has 3 atom stereocenters. The maximum absolute atomic E-state index is 13.0. The van der Waals surface area contributed by atoms with Crippen LogP contribution in [0.3, 0.4) is 0 Å². The smallest absolute Gasteiger partial charge is 0.241 e. The summed E-state index contributed by atoms with van der Waals surface area (Å²) in [6, 6.07) is -0.797. The fraction of sp³-hybridized carbons (Fsp3) is 0.842. The van der Waals surface area contributed by atoms with Gasteiger partial charge in [-0.15, -0.1) is 12.4 Å². The lowest BCUT2D eigenvalue weighted by Gasteiger charge is -2.32. The van der Waals surface area contributed by atoms with Crippen LogP contribution in [-0.2, 0) is 24.4 Å². The average Bonchev–Trinajstić information content (AvgIpc) is 3.18. The first-order chi connectivity index (χ1) is 13.6. The number of carbonyl (C=O) groups excluding carboxylic acids is 3. The number of likely N-dealkylation sites (tertiary alicyclic amines) is 2. The molecule has 3 aliphatic rings. The van der Waals surface area contributed by atoms with Gasteiger partial charge in [0.25, 0.3) is 0 Å². The van der Waals surface area contributed by atoms with E-state index in [4.69, 9.17) is 5.73 Å². The molecule has 3 saturated heterocycles. The number of rotatable bonds is 7. The summed E-state index contributed by atoms with van der Waals surface area (Å²) in [4.78, 5) is 40.9. The van der Waals surface area contributed by atoms with Crippen LogP contribution in [0.4, 0.5) is 0 Å². The lowest BCUT2D eigenvalue weighted by atomic mass is 9.94. The average molecular weight is 465 g/mol. The zero-order chi connectivity index (χ0) is 21.3. The minimum atomic E-state index is -3.65. The first-order valence-corrected chi connectivity index (χ1v) is 12.3. The van der Waals surface area contributed by atoms with Crippen molar-refractivity contribution >= 4 is 40.2 Å². The Morgan fingerprint density at radius 3 is 2.30 bits per heavy atom. The van der Waals surface area contributed by atoms with Gasteiger partial charge in [0.1, 0.15) is 0 Å². The Kier molecular flexibility index (Phi) is 8.15. The van der Waals surface area contributed by atoms with Crippen LogP contribution in [0.5, 0.6) is 0 Å². The fourth-order valence-electron chi connectivity index (χ4n) is 5.16. The topological polar surface area (TPSA) is 121 Å². The molecule has 3 fully saturated rings. The molecule has 172 valence electrons. The zero-order valence-electron chi connectivity index (χ0n) is 17.7. The van der Waals surface area contributed by atoms with Crippen LogP contribution in [0.2, 0.25) is 0 Å². The molecule has 30 heavy (non-hydrogen) atoms. The van der Waals surface area contributed by atoms with Gasteiger partial charge in [-0.1, -0.05) is 13.3 Å². The Morgan fingerprint density at radius 1 is 1.13 bits per heavy atom. The van der Waals surface area contributed by atoms with Gasteiger partial charge in [0.15, 0.2) is 0 Å². The minimum absolute atomic E-state index is 0. The van der Waals surface area contributed by atoms with Crippen molar-refractivity contribution in [3.63, 3.8) is 0 Å². The zero-order valence-corrected chi connectivity index (χ0v) is 19.3. The Bertz CT molecular complexity index is 769. The van der Waals surface area contributed by atoms with E-state index in [1.807, 2.05) is 6.92 Å². The van der Waals surface area contributed by atoms with Crippen molar-refractivity contribution in [3.8, 4) is 0 Å². The third-order valence-electron chi connectivity index (χ3n) is 6.58. The van der Waals surface area contributed by atoms with E-state index in [-0.39, 0.29) is 42.1 Å². The molecule has 0 aromatic carbocycles. The molecule has 9 nitrogen and oxygen atoms in total. The van der Waals surface area contributed by atoms with Crippen LogP contribution in [0.15, 0.2) is 0 Å². The van der Waals surface area contributed by atoms with E-state index in [0.29, 0.717) is 45.2 Å². The highest BCUT2D eigenvalue weighted by Gasteiger charge is 2.56. The van der Waals surface area contributed by atoms with Crippen LogP contribution in [0.1, 0.15) is 45.4 Å². The second-order valence-electron chi connectivity index (χ2n) is 8.49. The van der Waals surface area contributed by atoms with Crippen LogP contribution in [-0.4, -0.2) is 84.8 Å². The van der Waals surface area contributed by atoms with Crippen molar-refractivity contribution in [2.24, 2.45) is 17.6 Å². The second kappa shape index (κ2) is 9.82. The highest BCUT2D eigenvalue weighted by molar-refractivity contribution is 7.88. The van der Waals surface area contributed by atoms with Crippen molar-refractivity contribution < 1.29 is 22.8 Å². The van der Waals surface area contributed by atoms with Crippen LogP contribution in [0, 0.1) is 11.8 Å². The van der Waals surface area contributed by atoms with Crippen molar-refractivity contribution in [1.82, 2.24) is 14.1 Å². The fourth-order valence-corrected chi connectivity index (χ4v) is 6.34. The molecular weight excluding hydrogens is 432 g/mol. The van der Waals surface area contributed by atoms with E-state index in [9.17, 15) is 22.8 Å². The van der Waals surface area contributed by atoms with E-state index in [1.54, 1.807) is 4.90 Å². The molecule has 0 radical (unpaired) electrons. The van der Waals surface area contributed by atoms with Gasteiger partial charge >= 0.3 is 0 Å². The molecule has 11 heteroatoms. The normalized spacial score (nSPS) is 27.8. The number of hydrogen-bond donors (Lipinski definition) is 1. The number of nitrogens with two attached hydrogens (primary N) is 1. The number of carbonyl (C=O) groups is 3. The summed E-state index contributed by atoms with van der Waals surface area (Å²) in [7, 11) is -3.65. The summed E-state index contributed by atoms with van der Waals surface area (Å²) in [6.07, 6.45) is 4.67. The predicted octanol–water partition coefficient (Wildman–Crippen LogP) is 0.183. The molecule has 3 aliphatic heterocycles. The SMILES string of the molecule is CCCC1C(=O)N(S(C)(=O)=O)[C@@H]2CCN(C(=O)CCN3CCC(C(N)=O)CC3)[C@@H]12.Cl. The summed E-state index contributed by atoms with van der Waals surface area (Å²) in [5.41, 5.74) is 5.37. The standard InChI is InChI=1S/C19H32N4O5S.ClH/c1-3-4-14-17-15(23(19(14)26)29(2,27)28)7-12-22(17)16(24)8-11-21-9-5-13(6-10-21)18(20)25;/h13-15,17H,3-12H2,1-2H3,(H2,20,25);1H/t14?,15-,17+;/m1./s1.